The number of amides is 1. The first kappa shape index (κ1) is 21.2. The van der Waals surface area contributed by atoms with Crippen molar-refractivity contribution in [3.05, 3.63) is 87.6 Å². The zero-order valence-corrected chi connectivity index (χ0v) is 17.8. The SMILES string of the molecule is CC(=O)c1ccc(NC(=O)Cn2c(=O)cc(C)c3c(C)nn(-c4cccc(F)c4)c32)cc1. The van der Waals surface area contributed by atoms with E-state index in [2.05, 4.69) is 10.4 Å². The Labute approximate surface area is 183 Å². The minimum atomic E-state index is -0.433. The van der Waals surface area contributed by atoms with Crippen LogP contribution >= 0.6 is 0 Å². The number of hydrogen-bond donors (Lipinski definition) is 1. The number of halogens is 1. The minimum absolute atomic E-state index is 0.0718. The van der Waals surface area contributed by atoms with Crippen LogP contribution in [0.5, 0.6) is 0 Å². The highest BCUT2D eigenvalue weighted by Gasteiger charge is 2.19. The second-order valence-corrected chi connectivity index (χ2v) is 7.61. The quantitative estimate of drug-likeness (QED) is 0.486. The maximum absolute atomic E-state index is 13.9. The lowest BCUT2D eigenvalue weighted by molar-refractivity contribution is -0.116. The number of ketones is 1. The van der Waals surface area contributed by atoms with E-state index in [1.54, 1.807) is 50.2 Å². The standard InChI is InChI=1S/C24H21FN4O3/c1-14-11-22(32)28(13-21(31)26-19-9-7-17(8-10-19)16(3)30)24-23(14)15(2)27-29(24)20-6-4-5-18(25)12-20/h4-12H,13H2,1-3H3,(H,26,31). The molecule has 0 saturated heterocycles. The molecular formula is C24H21FN4O3. The second-order valence-electron chi connectivity index (χ2n) is 7.61. The molecule has 1 N–H and O–H groups in total. The molecule has 162 valence electrons. The fourth-order valence-electron chi connectivity index (χ4n) is 3.74. The van der Waals surface area contributed by atoms with Crippen LogP contribution in [0.2, 0.25) is 0 Å². The summed E-state index contributed by atoms with van der Waals surface area (Å²) in [6.45, 7) is 4.81. The van der Waals surface area contributed by atoms with Crippen LogP contribution in [0, 0.1) is 19.7 Å². The lowest BCUT2D eigenvalue weighted by Gasteiger charge is -2.13. The van der Waals surface area contributed by atoms with Gasteiger partial charge in [0.15, 0.2) is 5.78 Å². The molecule has 0 fully saturated rings. The Balaban J connectivity index is 1.76. The van der Waals surface area contributed by atoms with Crippen molar-refractivity contribution < 1.29 is 14.0 Å². The van der Waals surface area contributed by atoms with Gasteiger partial charge in [-0.2, -0.15) is 5.10 Å². The largest absolute Gasteiger partial charge is 0.325 e. The number of fused-ring (bicyclic) bond motifs is 1. The Morgan fingerprint density at radius 1 is 1.06 bits per heavy atom. The summed E-state index contributed by atoms with van der Waals surface area (Å²) in [7, 11) is 0. The highest BCUT2D eigenvalue weighted by atomic mass is 19.1. The molecule has 32 heavy (non-hydrogen) atoms. The van der Waals surface area contributed by atoms with Gasteiger partial charge in [-0.05, 0) is 68.8 Å². The van der Waals surface area contributed by atoms with Gasteiger partial charge >= 0.3 is 0 Å². The maximum atomic E-state index is 13.9. The third-order valence-electron chi connectivity index (χ3n) is 5.22. The number of aryl methyl sites for hydroxylation is 2. The number of anilines is 1. The van der Waals surface area contributed by atoms with Crippen LogP contribution in [-0.2, 0) is 11.3 Å². The van der Waals surface area contributed by atoms with Crippen LogP contribution < -0.4 is 10.9 Å². The molecule has 2 heterocycles. The maximum Gasteiger partial charge on any atom is 0.252 e. The van der Waals surface area contributed by atoms with Gasteiger partial charge in [0.05, 0.1) is 11.4 Å². The van der Waals surface area contributed by atoms with Crippen LogP contribution in [0.25, 0.3) is 16.7 Å². The molecule has 4 rings (SSSR count). The predicted octanol–water partition coefficient (Wildman–Crippen LogP) is 3.78. The lowest BCUT2D eigenvalue weighted by Crippen LogP contribution is -2.29. The molecule has 7 nitrogen and oxygen atoms in total. The summed E-state index contributed by atoms with van der Waals surface area (Å²) in [6, 6.07) is 13.8. The molecular weight excluding hydrogens is 411 g/mol. The van der Waals surface area contributed by atoms with Crippen molar-refractivity contribution in [1.82, 2.24) is 14.3 Å². The molecule has 0 aliphatic heterocycles. The summed E-state index contributed by atoms with van der Waals surface area (Å²) in [5, 5.41) is 7.98. The summed E-state index contributed by atoms with van der Waals surface area (Å²) < 4.78 is 16.7. The van der Waals surface area contributed by atoms with Crippen LogP contribution in [0.1, 0.15) is 28.5 Å². The van der Waals surface area contributed by atoms with Crippen LogP contribution in [0.3, 0.4) is 0 Å². The smallest absolute Gasteiger partial charge is 0.252 e. The Bertz CT molecular complexity index is 1420. The zero-order valence-electron chi connectivity index (χ0n) is 17.8. The first-order chi connectivity index (χ1) is 15.2. The molecule has 2 aromatic heterocycles. The van der Waals surface area contributed by atoms with Crippen molar-refractivity contribution in [2.24, 2.45) is 0 Å². The fourth-order valence-corrected chi connectivity index (χ4v) is 3.74. The Morgan fingerprint density at radius 3 is 2.44 bits per heavy atom. The molecule has 4 aromatic rings. The van der Waals surface area contributed by atoms with E-state index in [0.717, 1.165) is 10.9 Å². The number of aromatic nitrogens is 3. The molecule has 2 aromatic carbocycles. The summed E-state index contributed by atoms with van der Waals surface area (Å²) in [6.07, 6.45) is 0. The molecule has 0 radical (unpaired) electrons. The van der Waals surface area contributed by atoms with Crippen molar-refractivity contribution in [3.63, 3.8) is 0 Å². The lowest BCUT2D eigenvalue weighted by atomic mass is 10.1. The number of nitrogens with zero attached hydrogens (tertiary/aromatic N) is 3. The molecule has 0 bridgehead atoms. The van der Waals surface area contributed by atoms with Crippen LogP contribution in [-0.4, -0.2) is 26.0 Å². The molecule has 0 atom stereocenters. The average molecular weight is 432 g/mol. The third kappa shape index (κ3) is 3.94. The van der Waals surface area contributed by atoms with Crippen molar-refractivity contribution in [3.8, 4) is 5.69 Å². The average Bonchev–Trinajstić information content (AvgIpc) is 3.09. The number of Topliss-reactive ketones (excluding diaryl/α,β-unsaturated/α-hetero) is 1. The topological polar surface area (TPSA) is 86.0 Å². The molecule has 0 spiro atoms. The Morgan fingerprint density at radius 2 is 1.78 bits per heavy atom. The number of carbonyl (C=O) groups is 2. The van der Waals surface area contributed by atoms with E-state index in [4.69, 9.17) is 0 Å². The van der Waals surface area contributed by atoms with Crippen LogP contribution in [0.4, 0.5) is 10.1 Å². The molecule has 8 heteroatoms. The number of hydrogen-bond acceptors (Lipinski definition) is 4. The van der Waals surface area contributed by atoms with E-state index in [1.807, 2.05) is 0 Å². The number of nitrogens with one attached hydrogen (secondary N) is 1. The minimum Gasteiger partial charge on any atom is -0.325 e. The van der Waals surface area contributed by atoms with Crippen molar-refractivity contribution in [2.75, 3.05) is 5.32 Å². The number of carbonyl (C=O) groups excluding carboxylic acids is 2. The van der Waals surface area contributed by atoms with Gasteiger partial charge in [0.1, 0.15) is 18.0 Å². The number of pyridine rings is 1. The Kier molecular flexibility index (Phi) is 5.44. The highest BCUT2D eigenvalue weighted by Crippen LogP contribution is 2.24. The van der Waals surface area contributed by atoms with Crippen molar-refractivity contribution in [2.45, 2.75) is 27.3 Å². The predicted molar refractivity (Wildman–Crippen MR) is 120 cm³/mol. The van der Waals surface area contributed by atoms with E-state index in [1.165, 1.54) is 34.4 Å². The first-order valence-corrected chi connectivity index (χ1v) is 10.0. The molecule has 1 amide bonds. The highest BCUT2D eigenvalue weighted by molar-refractivity contribution is 5.96. The molecule has 0 unspecified atom stereocenters. The summed E-state index contributed by atoms with van der Waals surface area (Å²) in [5.74, 6) is -0.924. The van der Waals surface area contributed by atoms with E-state index in [0.29, 0.717) is 28.3 Å². The van der Waals surface area contributed by atoms with Crippen LogP contribution in [0.15, 0.2) is 59.4 Å². The van der Waals surface area contributed by atoms with Gasteiger partial charge in [0.25, 0.3) is 5.56 Å². The van der Waals surface area contributed by atoms with Crippen molar-refractivity contribution in [1.29, 1.82) is 0 Å². The number of benzene rings is 2. The summed E-state index contributed by atoms with van der Waals surface area (Å²) >= 11 is 0. The van der Waals surface area contributed by atoms with Gasteiger partial charge in [-0.1, -0.05) is 6.07 Å². The van der Waals surface area contributed by atoms with Gasteiger partial charge < -0.3 is 5.32 Å². The molecule has 0 saturated carbocycles. The third-order valence-corrected chi connectivity index (χ3v) is 5.22. The van der Waals surface area contributed by atoms with E-state index in [-0.39, 0.29) is 17.9 Å². The van der Waals surface area contributed by atoms with Gasteiger partial charge in [0, 0.05) is 22.7 Å². The zero-order chi connectivity index (χ0) is 23.0. The summed E-state index contributed by atoms with van der Waals surface area (Å²) in [4.78, 5) is 37.0. The van der Waals surface area contributed by atoms with E-state index in [9.17, 15) is 18.8 Å². The normalized spacial score (nSPS) is 11.0. The fraction of sp³-hybridized carbons (Fsp3) is 0.167. The molecule has 0 aliphatic carbocycles. The van der Waals surface area contributed by atoms with Crippen molar-refractivity contribution >= 4 is 28.4 Å². The van der Waals surface area contributed by atoms with E-state index >= 15 is 0 Å². The number of rotatable bonds is 5. The van der Waals surface area contributed by atoms with Gasteiger partial charge in [-0.15, -0.1) is 0 Å². The molecule has 0 aliphatic rings. The second kappa shape index (κ2) is 8.22. The Hall–Kier alpha value is -4.07. The monoisotopic (exact) mass is 432 g/mol. The van der Waals surface area contributed by atoms with Gasteiger partial charge in [0.2, 0.25) is 5.91 Å². The first-order valence-electron chi connectivity index (χ1n) is 10.0. The van der Waals surface area contributed by atoms with Gasteiger partial charge in [-0.25, -0.2) is 9.07 Å². The van der Waals surface area contributed by atoms with E-state index < -0.39 is 11.7 Å². The van der Waals surface area contributed by atoms with Gasteiger partial charge in [-0.3, -0.25) is 19.0 Å². The summed E-state index contributed by atoms with van der Waals surface area (Å²) in [5.41, 5.74) is 2.93.